The van der Waals surface area contributed by atoms with Gasteiger partial charge in [-0.1, -0.05) is 30.0 Å². The van der Waals surface area contributed by atoms with Crippen LogP contribution in [0, 0.1) is 0 Å². The quantitative estimate of drug-likeness (QED) is 0.509. The third kappa shape index (κ3) is 1.05. The molecule has 1 aliphatic heterocycles. The topological polar surface area (TPSA) is 17.1 Å². The fourth-order valence-electron chi connectivity index (χ4n) is 1.12. The van der Waals surface area contributed by atoms with Gasteiger partial charge in [-0.2, -0.15) is 0 Å². The zero-order valence-electron chi connectivity index (χ0n) is 5.87. The lowest BCUT2D eigenvalue weighted by atomic mass is 10.1. The summed E-state index contributed by atoms with van der Waals surface area (Å²) >= 11 is 0. The van der Waals surface area contributed by atoms with Crippen molar-refractivity contribution in [2.24, 2.45) is 0 Å². The van der Waals surface area contributed by atoms with Crippen molar-refractivity contribution in [3.63, 3.8) is 0 Å². The minimum Gasteiger partial charge on any atom is -0.289 e. The smallest absolute Gasteiger partial charge is 0.185 e. The van der Waals surface area contributed by atoms with Gasteiger partial charge < -0.3 is 0 Å². The first kappa shape index (κ1) is 6.55. The summed E-state index contributed by atoms with van der Waals surface area (Å²) in [6.45, 7) is 0. The number of benzene rings is 1. The summed E-state index contributed by atoms with van der Waals surface area (Å²) < 4.78 is 0. The number of ketones is 1. The Morgan fingerprint density at radius 2 is 2.00 bits per heavy atom. The van der Waals surface area contributed by atoms with Crippen molar-refractivity contribution in [1.29, 1.82) is 0 Å². The van der Waals surface area contributed by atoms with E-state index in [1.807, 2.05) is 30.0 Å². The molecule has 1 heterocycles. The summed E-state index contributed by atoms with van der Waals surface area (Å²) in [6, 6.07) is 7.77. The Labute approximate surface area is 67.6 Å². The van der Waals surface area contributed by atoms with Gasteiger partial charge in [-0.3, -0.25) is 4.79 Å². The molecule has 0 atom stereocenters. The largest absolute Gasteiger partial charge is 0.289 e. The van der Waals surface area contributed by atoms with E-state index in [4.69, 9.17) is 0 Å². The lowest BCUT2D eigenvalue weighted by Crippen LogP contribution is -2.24. The molecule has 1 aromatic rings. The van der Waals surface area contributed by atoms with Gasteiger partial charge in [-0.15, -0.1) is 0 Å². The minimum atomic E-state index is 0.138. The first-order chi connectivity index (χ1) is 5.38. The van der Waals surface area contributed by atoms with Crippen LogP contribution in [0.15, 0.2) is 36.0 Å². The van der Waals surface area contributed by atoms with Crippen molar-refractivity contribution in [1.82, 2.24) is 0 Å². The van der Waals surface area contributed by atoms with Crippen LogP contribution in [0.1, 0.15) is 10.4 Å². The predicted octanol–water partition coefficient (Wildman–Crippen LogP) is 0.726. The number of fused-ring (bicyclic) bond motifs is 1. The fourth-order valence-corrected chi connectivity index (χ4v) is 2.09. The van der Waals surface area contributed by atoms with Gasteiger partial charge in [0.2, 0.25) is 0 Å². The monoisotopic (exact) mass is 158 g/mol. The zero-order chi connectivity index (χ0) is 7.68. The van der Waals surface area contributed by atoms with Gasteiger partial charge in [-0.25, -0.2) is 0 Å². The van der Waals surface area contributed by atoms with Crippen LogP contribution in [-0.2, 0) is 0 Å². The predicted molar refractivity (Wildman–Crippen MR) is 45.3 cm³/mol. The summed E-state index contributed by atoms with van der Waals surface area (Å²) in [7, 11) is 0.657. The van der Waals surface area contributed by atoms with Gasteiger partial charge in [0.05, 0.1) is 0 Å². The van der Waals surface area contributed by atoms with E-state index in [1.54, 1.807) is 6.08 Å². The number of carbonyl (C=O) groups is 1. The molecule has 52 valence electrons. The molecular formula is C9H6OSi. The molecule has 11 heavy (non-hydrogen) atoms. The Bertz CT molecular complexity index is 328. The average molecular weight is 158 g/mol. The summed E-state index contributed by atoms with van der Waals surface area (Å²) in [6.07, 6.45) is 1.65. The Hall–Kier alpha value is -1.15. The molecule has 0 bridgehead atoms. The number of hydrogen-bond acceptors (Lipinski definition) is 1. The van der Waals surface area contributed by atoms with E-state index in [1.165, 1.54) is 5.19 Å². The second-order valence-corrected chi connectivity index (χ2v) is 3.55. The average Bonchev–Trinajstić information content (AvgIpc) is 2.06. The van der Waals surface area contributed by atoms with Gasteiger partial charge in [0.1, 0.15) is 9.52 Å². The van der Waals surface area contributed by atoms with Gasteiger partial charge in [-0.05, 0) is 11.3 Å². The molecule has 0 aliphatic carbocycles. The summed E-state index contributed by atoms with van der Waals surface area (Å²) in [4.78, 5) is 11.2. The van der Waals surface area contributed by atoms with E-state index in [0.717, 1.165) is 5.56 Å². The molecule has 0 fully saturated rings. The molecule has 1 aliphatic rings. The molecular weight excluding hydrogens is 152 g/mol. The van der Waals surface area contributed by atoms with Gasteiger partial charge >= 0.3 is 0 Å². The Balaban J connectivity index is 2.59. The highest BCUT2D eigenvalue weighted by molar-refractivity contribution is 6.62. The highest BCUT2D eigenvalue weighted by atomic mass is 28.2. The van der Waals surface area contributed by atoms with Crippen LogP contribution in [0.25, 0.3) is 0 Å². The van der Waals surface area contributed by atoms with Crippen LogP contribution < -0.4 is 5.19 Å². The molecule has 0 unspecified atom stereocenters. The van der Waals surface area contributed by atoms with Crippen molar-refractivity contribution < 1.29 is 4.79 Å². The van der Waals surface area contributed by atoms with Crippen LogP contribution >= 0.6 is 0 Å². The number of rotatable bonds is 0. The molecule has 2 rings (SSSR count). The molecule has 0 spiro atoms. The highest BCUT2D eigenvalue weighted by Crippen LogP contribution is 2.02. The van der Waals surface area contributed by atoms with Crippen LogP contribution in [-0.4, -0.2) is 15.3 Å². The van der Waals surface area contributed by atoms with E-state index in [0.29, 0.717) is 9.52 Å². The van der Waals surface area contributed by atoms with E-state index in [-0.39, 0.29) is 5.78 Å². The van der Waals surface area contributed by atoms with Crippen LogP contribution in [0.2, 0.25) is 0 Å². The molecule has 1 aromatic carbocycles. The van der Waals surface area contributed by atoms with Crippen molar-refractivity contribution in [3.8, 4) is 0 Å². The molecule has 0 N–H and O–H groups in total. The summed E-state index contributed by atoms with van der Waals surface area (Å²) in [5.74, 6) is 0.138. The maximum absolute atomic E-state index is 11.2. The third-order valence-electron chi connectivity index (χ3n) is 1.67. The number of allylic oxidation sites excluding steroid dienone is 1. The molecule has 0 saturated carbocycles. The van der Waals surface area contributed by atoms with Crippen molar-refractivity contribution in [3.05, 3.63) is 41.6 Å². The molecule has 2 radical (unpaired) electrons. The van der Waals surface area contributed by atoms with E-state index in [9.17, 15) is 4.79 Å². The summed E-state index contributed by atoms with van der Waals surface area (Å²) in [5, 5.41) is 1.17. The van der Waals surface area contributed by atoms with E-state index >= 15 is 0 Å². The maximum Gasteiger partial charge on any atom is 0.185 e. The fraction of sp³-hybridized carbons (Fsp3) is 0. The standard InChI is InChI=1S/C9H6OSi/c10-8-5-6-11-9-4-2-1-3-7(8)9/h1-6H. The Kier molecular flexibility index (Phi) is 1.47. The first-order valence-corrected chi connectivity index (χ1v) is 4.52. The molecule has 1 nitrogen and oxygen atoms in total. The Morgan fingerprint density at radius 1 is 1.18 bits per heavy atom. The van der Waals surface area contributed by atoms with Crippen LogP contribution in [0.3, 0.4) is 0 Å². The second-order valence-electron chi connectivity index (χ2n) is 2.39. The maximum atomic E-state index is 11.2. The molecule has 0 saturated heterocycles. The van der Waals surface area contributed by atoms with Crippen LogP contribution in [0.5, 0.6) is 0 Å². The minimum absolute atomic E-state index is 0.138. The number of carbonyl (C=O) groups excluding carboxylic acids is 1. The number of hydrogen-bond donors (Lipinski definition) is 0. The van der Waals surface area contributed by atoms with E-state index < -0.39 is 0 Å². The van der Waals surface area contributed by atoms with Crippen molar-refractivity contribution in [2.45, 2.75) is 0 Å². The SMILES string of the molecule is O=C1C=C[Si]c2ccccc21. The third-order valence-corrected chi connectivity index (χ3v) is 2.75. The van der Waals surface area contributed by atoms with Gasteiger partial charge in [0.15, 0.2) is 5.78 Å². The lowest BCUT2D eigenvalue weighted by molar-refractivity contribution is 0.104. The highest BCUT2D eigenvalue weighted by Gasteiger charge is 2.10. The Morgan fingerprint density at radius 3 is 2.82 bits per heavy atom. The second kappa shape index (κ2) is 2.47. The van der Waals surface area contributed by atoms with Gasteiger partial charge in [0.25, 0.3) is 0 Å². The van der Waals surface area contributed by atoms with Crippen molar-refractivity contribution in [2.75, 3.05) is 0 Å². The first-order valence-electron chi connectivity index (χ1n) is 3.44. The van der Waals surface area contributed by atoms with Crippen molar-refractivity contribution >= 4 is 20.5 Å². The molecule has 2 heteroatoms. The molecule has 0 amide bonds. The van der Waals surface area contributed by atoms with Gasteiger partial charge in [0, 0.05) is 5.56 Å². The van der Waals surface area contributed by atoms with E-state index in [2.05, 4.69) is 0 Å². The normalized spacial score (nSPS) is 14.7. The lowest BCUT2D eigenvalue weighted by Gasteiger charge is -2.06. The van der Waals surface area contributed by atoms with Crippen LogP contribution in [0.4, 0.5) is 0 Å². The molecule has 0 aromatic heterocycles. The summed E-state index contributed by atoms with van der Waals surface area (Å²) in [5.41, 5.74) is 2.80. The zero-order valence-corrected chi connectivity index (χ0v) is 6.87.